The van der Waals surface area contributed by atoms with Crippen molar-refractivity contribution in [3.8, 4) is 0 Å². The summed E-state index contributed by atoms with van der Waals surface area (Å²) in [5, 5.41) is 0.805. The number of rotatable bonds is 2. The molecule has 0 saturated carbocycles. The van der Waals surface area contributed by atoms with Crippen LogP contribution >= 0.6 is 31.9 Å². The molecule has 1 amide bonds. The van der Waals surface area contributed by atoms with Crippen molar-refractivity contribution in [2.45, 2.75) is 6.42 Å². The first-order chi connectivity index (χ1) is 7.61. The van der Waals surface area contributed by atoms with Crippen LogP contribution in [0.25, 0.3) is 0 Å². The largest absolute Gasteiger partial charge is 0.381 e. The van der Waals surface area contributed by atoms with Crippen molar-refractivity contribution in [3.05, 3.63) is 10.8 Å². The van der Waals surface area contributed by atoms with Gasteiger partial charge in [0.1, 0.15) is 4.60 Å². The predicted molar refractivity (Wildman–Crippen MR) is 68.4 cm³/mol. The van der Waals surface area contributed by atoms with E-state index in [2.05, 4.69) is 41.8 Å². The third-order valence-corrected chi connectivity index (χ3v) is 3.73. The lowest BCUT2D eigenvalue weighted by atomic mass is 10.2. The third-order valence-electron chi connectivity index (χ3n) is 2.43. The number of nitrogen functional groups attached to an aromatic ring is 1. The lowest BCUT2D eigenvalue weighted by Gasteiger charge is -2.16. The van der Waals surface area contributed by atoms with Gasteiger partial charge in [0.15, 0.2) is 11.6 Å². The van der Waals surface area contributed by atoms with Gasteiger partial charge in [0.2, 0.25) is 5.91 Å². The van der Waals surface area contributed by atoms with Gasteiger partial charge in [-0.05, 0) is 21.8 Å². The Bertz CT molecular complexity index is 426. The minimum absolute atomic E-state index is 0.0489. The Labute approximate surface area is 110 Å². The minimum atomic E-state index is 0.0489. The van der Waals surface area contributed by atoms with Gasteiger partial charge in [0.25, 0.3) is 0 Å². The Kier molecular flexibility index (Phi) is 3.44. The molecule has 0 bridgehead atoms. The van der Waals surface area contributed by atoms with Crippen LogP contribution in [-0.4, -0.2) is 27.7 Å². The smallest absolute Gasteiger partial charge is 0.228 e. The zero-order chi connectivity index (χ0) is 11.7. The first-order valence-corrected chi connectivity index (χ1v) is 6.67. The first-order valence-electron chi connectivity index (χ1n) is 4.76. The summed E-state index contributed by atoms with van der Waals surface area (Å²) in [6, 6.07) is 0. The van der Waals surface area contributed by atoms with Crippen LogP contribution in [-0.2, 0) is 4.79 Å². The molecule has 1 atom stereocenters. The highest BCUT2D eigenvalue weighted by molar-refractivity contribution is 9.10. The maximum atomic E-state index is 11.8. The lowest BCUT2D eigenvalue weighted by molar-refractivity contribution is -0.117. The number of halogens is 2. The van der Waals surface area contributed by atoms with E-state index in [9.17, 15) is 4.79 Å². The molecule has 2 rings (SSSR count). The van der Waals surface area contributed by atoms with E-state index >= 15 is 0 Å². The van der Waals surface area contributed by atoms with Crippen LogP contribution in [0.5, 0.6) is 0 Å². The van der Waals surface area contributed by atoms with E-state index in [-0.39, 0.29) is 11.7 Å². The third kappa shape index (κ3) is 2.20. The van der Waals surface area contributed by atoms with Crippen molar-refractivity contribution in [2.75, 3.05) is 22.5 Å². The fourth-order valence-electron chi connectivity index (χ4n) is 1.67. The normalized spacial score (nSPS) is 20.5. The zero-order valence-electron chi connectivity index (χ0n) is 8.36. The molecular weight excluding hydrogens is 340 g/mol. The monoisotopic (exact) mass is 348 g/mol. The summed E-state index contributed by atoms with van der Waals surface area (Å²) in [5.41, 5.74) is 5.74. The van der Waals surface area contributed by atoms with Crippen molar-refractivity contribution in [3.63, 3.8) is 0 Å². The van der Waals surface area contributed by atoms with E-state index in [0.29, 0.717) is 29.3 Å². The van der Waals surface area contributed by atoms with E-state index in [1.54, 1.807) is 11.1 Å². The quantitative estimate of drug-likeness (QED) is 0.822. The average molecular weight is 350 g/mol. The predicted octanol–water partition coefficient (Wildman–Crippen LogP) is 1.57. The summed E-state index contributed by atoms with van der Waals surface area (Å²) >= 11 is 6.56. The number of nitrogens with two attached hydrogens (primary N) is 1. The molecule has 0 radical (unpaired) electrons. The summed E-state index contributed by atoms with van der Waals surface area (Å²) < 4.78 is 0.567. The maximum Gasteiger partial charge on any atom is 0.228 e. The van der Waals surface area contributed by atoms with Gasteiger partial charge in [-0.1, -0.05) is 15.9 Å². The zero-order valence-corrected chi connectivity index (χ0v) is 11.5. The summed E-state index contributed by atoms with van der Waals surface area (Å²) in [6.07, 6.45) is 2.07. The molecule has 0 spiro atoms. The Balaban J connectivity index is 2.28. The van der Waals surface area contributed by atoms with Crippen LogP contribution < -0.4 is 10.6 Å². The van der Waals surface area contributed by atoms with E-state index < -0.39 is 0 Å². The highest BCUT2D eigenvalue weighted by Gasteiger charge is 2.32. The second kappa shape index (κ2) is 4.67. The number of hydrogen-bond acceptors (Lipinski definition) is 4. The number of anilines is 2. The highest BCUT2D eigenvalue weighted by atomic mass is 79.9. The summed E-state index contributed by atoms with van der Waals surface area (Å²) in [5.74, 6) is 1.10. The molecule has 1 saturated heterocycles. The molecule has 1 aromatic rings. The van der Waals surface area contributed by atoms with E-state index in [1.165, 1.54) is 0 Å². The Hall–Kier alpha value is -0.690. The van der Waals surface area contributed by atoms with Crippen molar-refractivity contribution in [1.82, 2.24) is 9.97 Å². The van der Waals surface area contributed by atoms with Gasteiger partial charge in [-0.15, -0.1) is 0 Å². The molecule has 2 heterocycles. The van der Waals surface area contributed by atoms with Crippen molar-refractivity contribution >= 4 is 49.4 Å². The van der Waals surface area contributed by atoms with Crippen molar-refractivity contribution < 1.29 is 4.79 Å². The maximum absolute atomic E-state index is 11.8. The van der Waals surface area contributed by atoms with Gasteiger partial charge in [0.05, 0.1) is 6.20 Å². The molecule has 0 aromatic carbocycles. The molecular formula is C9H10Br2N4O. The molecule has 86 valence electrons. The second-order valence-corrected chi connectivity index (χ2v) is 5.09. The summed E-state index contributed by atoms with van der Waals surface area (Å²) in [6.45, 7) is 0.643. The van der Waals surface area contributed by atoms with Gasteiger partial charge in [-0.2, -0.15) is 0 Å². The molecule has 1 fully saturated rings. The number of aromatic nitrogens is 2. The number of carbonyl (C=O) groups excluding carboxylic acids is 1. The molecule has 7 heteroatoms. The SMILES string of the molecule is Nc1nc(Br)cnc1N1CC(CBr)CC1=O. The molecule has 1 unspecified atom stereocenters. The van der Waals surface area contributed by atoms with Gasteiger partial charge in [0, 0.05) is 18.3 Å². The summed E-state index contributed by atoms with van der Waals surface area (Å²) in [4.78, 5) is 21.5. The van der Waals surface area contributed by atoms with Crippen LogP contribution in [0.1, 0.15) is 6.42 Å². The first kappa shape index (κ1) is 11.8. The lowest BCUT2D eigenvalue weighted by Crippen LogP contribution is -2.27. The highest BCUT2D eigenvalue weighted by Crippen LogP contribution is 2.28. The van der Waals surface area contributed by atoms with Gasteiger partial charge in [-0.25, -0.2) is 9.97 Å². The van der Waals surface area contributed by atoms with Gasteiger partial charge >= 0.3 is 0 Å². The Morgan fingerprint density at radius 2 is 2.38 bits per heavy atom. The summed E-state index contributed by atoms with van der Waals surface area (Å²) in [7, 11) is 0. The molecule has 16 heavy (non-hydrogen) atoms. The molecule has 1 aliphatic heterocycles. The Morgan fingerprint density at radius 1 is 1.62 bits per heavy atom. The van der Waals surface area contributed by atoms with Crippen LogP contribution in [0.3, 0.4) is 0 Å². The van der Waals surface area contributed by atoms with Gasteiger partial charge < -0.3 is 5.73 Å². The number of hydrogen-bond donors (Lipinski definition) is 1. The fraction of sp³-hybridized carbons (Fsp3) is 0.444. The topological polar surface area (TPSA) is 72.1 Å². The van der Waals surface area contributed by atoms with Crippen molar-refractivity contribution in [2.24, 2.45) is 5.92 Å². The second-order valence-electron chi connectivity index (χ2n) is 3.63. The van der Waals surface area contributed by atoms with Crippen LogP contribution in [0.15, 0.2) is 10.8 Å². The number of alkyl halides is 1. The fourth-order valence-corrected chi connectivity index (χ4v) is 2.40. The van der Waals surface area contributed by atoms with E-state index in [1.807, 2.05) is 0 Å². The average Bonchev–Trinajstić information content (AvgIpc) is 2.60. The standard InChI is InChI=1S/C9H10Br2N4O/c10-2-5-1-7(16)15(4-5)9-8(12)14-6(11)3-13-9/h3,5H,1-2,4H2,(H2,12,14). The Morgan fingerprint density at radius 3 is 2.94 bits per heavy atom. The van der Waals surface area contributed by atoms with Crippen LogP contribution in [0.4, 0.5) is 11.6 Å². The molecule has 1 aromatic heterocycles. The van der Waals surface area contributed by atoms with Gasteiger partial charge in [-0.3, -0.25) is 9.69 Å². The number of carbonyl (C=O) groups is 1. The minimum Gasteiger partial charge on any atom is -0.381 e. The molecule has 0 aliphatic carbocycles. The van der Waals surface area contributed by atoms with E-state index in [0.717, 1.165) is 5.33 Å². The molecule has 1 aliphatic rings. The molecule has 2 N–H and O–H groups in total. The van der Waals surface area contributed by atoms with Crippen LogP contribution in [0, 0.1) is 5.92 Å². The molecule has 5 nitrogen and oxygen atoms in total. The van der Waals surface area contributed by atoms with Crippen LogP contribution in [0.2, 0.25) is 0 Å². The van der Waals surface area contributed by atoms with Crippen molar-refractivity contribution in [1.29, 1.82) is 0 Å². The van der Waals surface area contributed by atoms with E-state index in [4.69, 9.17) is 5.73 Å². The number of amides is 1. The number of nitrogens with zero attached hydrogens (tertiary/aromatic N) is 3.